The third kappa shape index (κ3) is 3.25. The number of carbonyl (C=O) groups excluding carboxylic acids is 1. The van der Waals surface area contributed by atoms with Crippen molar-refractivity contribution < 1.29 is 9.90 Å². The second kappa shape index (κ2) is 5.87. The number of nitrogens with one attached hydrogen (secondary N) is 2. The molecule has 3 N–H and O–H groups in total. The molecular formula is C13H16ClN5O2. The zero-order chi connectivity index (χ0) is 14.8. The van der Waals surface area contributed by atoms with Crippen LogP contribution in [0.15, 0.2) is 24.9 Å². The maximum absolute atomic E-state index is 11.9. The van der Waals surface area contributed by atoms with Gasteiger partial charge in [0.2, 0.25) is 0 Å². The molecule has 0 saturated heterocycles. The van der Waals surface area contributed by atoms with E-state index in [2.05, 4.69) is 20.4 Å². The van der Waals surface area contributed by atoms with Gasteiger partial charge < -0.3 is 15.4 Å². The standard InChI is InChI=1S/C13H16ClN5O2/c14-9-3-17-19(6-9)5-8-1-10(12(20)2-8)18-13(21)11-4-15-7-16-11/h3-4,6-8,10,12,20H,1-2,5H2,(H,15,16)(H,18,21)/t8?,10-,12-/m1/s1. The normalized spacial score (nSPS) is 25.1. The molecule has 1 aliphatic carbocycles. The van der Waals surface area contributed by atoms with Crippen LogP contribution in [0.1, 0.15) is 23.3 Å². The topological polar surface area (TPSA) is 95.8 Å². The fourth-order valence-corrected chi connectivity index (χ4v) is 2.91. The summed E-state index contributed by atoms with van der Waals surface area (Å²) in [7, 11) is 0. The van der Waals surface area contributed by atoms with Crippen LogP contribution in [0.5, 0.6) is 0 Å². The van der Waals surface area contributed by atoms with Gasteiger partial charge in [-0.1, -0.05) is 11.6 Å². The Hall–Kier alpha value is -1.86. The van der Waals surface area contributed by atoms with E-state index in [1.807, 2.05) is 0 Å². The second-order valence-corrected chi connectivity index (χ2v) is 5.77. The smallest absolute Gasteiger partial charge is 0.269 e. The Morgan fingerprint density at radius 1 is 1.52 bits per heavy atom. The molecule has 1 amide bonds. The van der Waals surface area contributed by atoms with Gasteiger partial charge >= 0.3 is 0 Å². The Balaban J connectivity index is 1.57. The first-order valence-corrected chi connectivity index (χ1v) is 7.15. The van der Waals surface area contributed by atoms with Crippen LogP contribution in [0.4, 0.5) is 0 Å². The molecule has 3 rings (SSSR count). The van der Waals surface area contributed by atoms with Gasteiger partial charge in [-0.15, -0.1) is 0 Å². The second-order valence-electron chi connectivity index (χ2n) is 5.33. The predicted molar refractivity (Wildman–Crippen MR) is 75.8 cm³/mol. The van der Waals surface area contributed by atoms with Crippen LogP contribution in [-0.2, 0) is 6.54 Å². The van der Waals surface area contributed by atoms with Crippen molar-refractivity contribution in [2.75, 3.05) is 0 Å². The van der Waals surface area contributed by atoms with E-state index in [-0.39, 0.29) is 17.9 Å². The van der Waals surface area contributed by atoms with E-state index in [9.17, 15) is 9.90 Å². The zero-order valence-corrected chi connectivity index (χ0v) is 12.0. The van der Waals surface area contributed by atoms with Gasteiger partial charge in [0.15, 0.2) is 0 Å². The SMILES string of the molecule is O=C(N[C@@H]1CC(Cn2cc(Cl)cn2)C[C@H]1O)c1cnc[nH]1. The number of aliphatic hydroxyl groups excluding tert-OH is 1. The molecule has 0 spiro atoms. The minimum Gasteiger partial charge on any atom is -0.391 e. The minimum atomic E-state index is -0.548. The average molecular weight is 310 g/mol. The number of aromatic nitrogens is 4. The predicted octanol–water partition coefficient (Wildman–Crippen LogP) is 0.829. The number of amides is 1. The first-order valence-electron chi connectivity index (χ1n) is 6.77. The lowest BCUT2D eigenvalue weighted by Crippen LogP contribution is -2.40. The largest absolute Gasteiger partial charge is 0.391 e. The summed E-state index contributed by atoms with van der Waals surface area (Å²) >= 11 is 5.83. The van der Waals surface area contributed by atoms with Crippen LogP contribution >= 0.6 is 11.6 Å². The fourth-order valence-electron chi connectivity index (χ4n) is 2.75. The number of rotatable bonds is 4. The fraction of sp³-hybridized carbons (Fsp3) is 0.462. The molecule has 7 nitrogen and oxygen atoms in total. The minimum absolute atomic E-state index is 0.251. The van der Waals surface area contributed by atoms with Gasteiger partial charge in [-0.05, 0) is 18.8 Å². The molecule has 112 valence electrons. The number of carbonyl (C=O) groups is 1. The molecule has 0 aliphatic heterocycles. The molecule has 1 aliphatic rings. The zero-order valence-electron chi connectivity index (χ0n) is 11.2. The van der Waals surface area contributed by atoms with Crippen LogP contribution < -0.4 is 5.32 Å². The van der Waals surface area contributed by atoms with E-state index in [1.165, 1.54) is 12.5 Å². The van der Waals surface area contributed by atoms with Crippen molar-refractivity contribution in [1.29, 1.82) is 0 Å². The summed E-state index contributed by atoms with van der Waals surface area (Å²) in [6.45, 7) is 0.681. The van der Waals surface area contributed by atoms with Crippen molar-refractivity contribution in [3.63, 3.8) is 0 Å². The molecule has 8 heteroatoms. The van der Waals surface area contributed by atoms with Gasteiger partial charge in [0.05, 0.1) is 35.9 Å². The third-order valence-corrected chi connectivity index (χ3v) is 3.93. The Labute approximate surface area is 126 Å². The van der Waals surface area contributed by atoms with Crippen molar-refractivity contribution in [2.45, 2.75) is 31.5 Å². The lowest BCUT2D eigenvalue weighted by atomic mass is 10.1. The van der Waals surface area contributed by atoms with Gasteiger partial charge in [-0.3, -0.25) is 9.48 Å². The van der Waals surface area contributed by atoms with Crippen molar-refractivity contribution in [3.8, 4) is 0 Å². The maximum Gasteiger partial charge on any atom is 0.269 e. The maximum atomic E-state index is 11.9. The van der Waals surface area contributed by atoms with Crippen molar-refractivity contribution >= 4 is 17.5 Å². The van der Waals surface area contributed by atoms with Crippen LogP contribution in [0.25, 0.3) is 0 Å². The highest BCUT2D eigenvalue weighted by atomic mass is 35.5. The molecule has 1 saturated carbocycles. The summed E-state index contributed by atoms with van der Waals surface area (Å²) in [5.74, 6) is 0.00219. The van der Waals surface area contributed by atoms with Crippen LogP contribution in [0.2, 0.25) is 5.02 Å². The lowest BCUT2D eigenvalue weighted by molar-refractivity contribution is 0.0868. The lowest BCUT2D eigenvalue weighted by Gasteiger charge is -2.15. The number of aliphatic hydroxyl groups is 1. The van der Waals surface area contributed by atoms with Crippen LogP contribution in [0, 0.1) is 5.92 Å². The number of imidazole rings is 1. The number of aromatic amines is 1. The van der Waals surface area contributed by atoms with E-state index in [4.69, 9.17) is 11.6 Å². The quantitative estimate of drug-likeness (QED) is 0.779. The van der Waals surface area contributed by atoms with E-state index in [0.29, 0.717) is 30.1 Å². The molecule has 2 aromatic heterocycles. The Morgan fingerprint density at radius 3 is 3.05 bits per heavy atom. The molecule has 3 atom stereocenters. The van der Waals surface area contributed by atoms with E-state index < -0.39 is 6.10 Å². The summed E-state index contributed by atoms with van der Waals surface area (Å²) in [5, 5.41) is 17.7. The monoisotopic (exact) mass is 309 g/mol. The van der Waals surface area contributed by atoms with Gasteiger partial charge in [0.1, 0.15) is 5.69 Å². The number of hydrogen-bond acceptors (Lipinski definition) is 4. The average Bonchev–Trinajstić information content (AvgIpc) is 3.14. The summed E-state index contributed by atoms with van der Waals surface area (Å²) in [6, 6.07) is -0.253. The van der Waals surface area contributed by atoms with Gasteiger partial charge in [0.25, 0.3) is 5.91 Å². The van der Waals surface area contributed by atoms with Gasteiger partial charge in [-0.2, -0.15) is 5.10 Å². The summed E-state index contributed by atoms with van der Waals surface area (Å²) in [4.78, 5) is 18.5. The highest BCUT2D eigenvalue weighted by molar-refractivity contribution is 6.30. The summed E-state index contributed by atoms with van der Waals surface area (Å²) < 4.78 is 1.76. The Kier molecular flexibility index (Phi) is 3.94. The van der Waals surface area contributed by atoms with Crippen molar-refractivity contribution in [1.82, 2.24) is 25.1 Å². The first kappa shape index (κ1) is 14.1. The van der Waals surface area contributed by atoms with Gasteiger partial charge in [0, 0.05) is 12.7 Å². The van der Waals surface area contributed by atoms with Crippen LogP contribution in [0.3, 0.4) is 0 Å². The molecule has 0 bridgehead atoms. The molecule has 0 radical (unpaired) electrons. The molecule has 2 aromatic rings. The van der Waals surface area contributed by atoms with Gasteiger partial charge in [-0.25, -0.2) is 4.98 Å². The molecule has 0 aromatic carbocycles. The molecular weight excluding hydrogens is 294 g/mol. The molecule has 2 heterocycles. The molecule has 1 fully saturated rings. The molecule has 1 unspecified atom stereocenters. The highest BCUT2D eigenvalue weighted by Crippen LogP contribution is 2.28. The summed E-state index contributed by atoms with van der Waals surface area (Å²) in [6.07, 6.45) is 7.04. The third-order valence-electron chi connectivity index (χ3n) is 3.73. The number of halogens is 1. The van der Waals surface area contributed by atoms with Crippen LogP contribution in [-0.4, -0.2) is 42.9 Å². The summed E-state index contributed by atoms with van der Waals surface area (Å²) in [5.41, 5.74) is 0.393. The first-order chi connectivity index (χ1) is 10.1. The van der Waals surface area contributed by atoms with E-state index in [1.54, 1.807) is 17.1 Å². The Bertz CT molecular complexity index is 612. The van der Waals surface area contributed by atoms with E-state index >= 15 is 0 Å². The number of hydrogen-bond donors (Lipinski definition) is 3. The van der Waals surface area contributed by atoms with E-state index in [0.717, 1.165) is 0 Å². The van der Waals surface area contributed by atoms with Crippen molar-refractivity contribution in [2.24, 2.45) is 5.92 Å². The van der Waals surface area contributed by atoms with Crippen molar-refractivity contribution in [3.05, 3.63) is 35.6 Å². The highest BCUT2D eigenvalue weighted by Gasteiger charge is 2.34. The Morgan fingerprint density at radius 2 is 2.38 bits per heavy atom. The number of nitrogens with zero attached hydrogens (tertiary/aromatic N) is 3. The number of H-pyrrole nitrogens is 1. The molecule has 21 heavy (non-hydrogen) atoms.